The highest BCUT2D eigenvalue weighted by Gasteiger charge is 2.40. The van der Waals surface area contributed by atoms with Gasteiger partial charge in [-0.05, 0) is 31.0 Å². The molecular formula is C19H19FN2O2S. The largest absolute Gasteiger partial charge is 0.367 e. The summed E-state index contributed by atoms with van der Waals surface area (Å²) in [4.78, 5) is 4.83. The van der Waals surface area contributed by atoms with Crippen LogP contribution < -0.4 is 4.90 Å². The van der Waals surface area contributed by atoms with E-state index < -0.39 is 15.7 Å². The lowest BCUT2D eigenvalue weighted by Gasteiger charge is -2.34. The van der Waals surface area contributed by atoms with Crippen molar-refractivity contribution in [1.29, 1.82) is 0 Å². The number of nitrogens with zero attached hydrogens (tertiary/aromatic N) is 2. The highest BCUT2D eigenvalue weighted by molar-refractivity contribution is 7.92. The van der Waals surface area contributed by atoms with Gasteiger partial charge in [-0.25, -0.2) is 12.8 Å². The molecule has 130 valence electrons. The molecule has 0 aromatic heterocycles. The van der Waals surface area contributed by atoms with E-state index in [0.29, 0.717) is 17.2 Å². The van der Waals surface area contributed by atoms with Gasteiger partial charge in [-0.2, -0.15) is 0 Å². The molecule has 4 nitrogen and oxygen atoms in total. The van der Waals surface area contributed by atoms with Crippen molar-refractivity contribution in [3.05, 3.63) is 42.2 Å². The summed E-state index contributed by atoms with van der Waals surface area (Å²) in [5.41, 5.74) is 2.04. The number of benzene rings is 2. The average molecular weight is 358 g/mol. The molecule has 0 N–H and O–H groups in total. The first-order valence-corrected chi connectivity index (χ1v) is 10.2. The smallest absolute Gasteiger partial charge is 0.210 e. The fourth-order valence-electron chi connectivity index (χ4n) is 4.53. The molecule has 0 aliphatic carbocycles. The average Bonchev–Trinajstić information content (AvgIpc) is 2.81. The molecule has 2 bridgehead atoms. The molecule has 6 heteroatoms. The van der Waals surface area contributed by atoms with Crippen molar-refractivity contribution < 1.29 is 12.8 Å². The van der Waals surface area contributed by atoms with E-state index in [0.717, 1.165) is 44.7 Å². The lowest BCUT2D eigenvalue weighted by Crippen LogP contribution is -2.38. The van der Waals surface area contributed by atoms with Crippen LogP contribution in [0.3, 0.4) is 0 Å². The zero-order valence-electron chi connectivity index (χ0n) is 13.8. The van der Waals surface area contributed by atoms with E-state index >= 15 is 0 Å². The van der Waals surface area contributed by atoms with Crippen LogP contribution in [0.25, 0.3) is 11.1 Å². The molecule has 0 spiro atoms. The summed E-state index contributed by atoms with van der Waals surface area (Å²) in [5, 5.41) is 0. The van der Waals surface area contributed by atoms with Crippen LogP contribution in [0.5, 0.6) is 0 Å². The summed E-state index contributed by atoms with van der Waals surface area (Å²) in [6, 6.07) is 10.4. The first-order chi connectivity index (χ1) is 12.1. The van der Waals surface area contributed by atoms with Crippen LogP contribution in [0.2, 0.25) is 0 Å². The maximum absolute atomic E-state index is 14.6. The van der Waals surface area contributed by atoms with Crippen LogP contribution >= 0.6 is 0 Å². The van der Waals surface area contributed by atoms with Gasteiger partial charge in [0, 0.05) is 49.0 Å². The minimum absolute atomic E-state index is 0.148. The van der Waals surface area contributed by atoms with Gasteiger partial charge in [0.05, 0.1) is 4.90 Å². The SMILES string of the molecule is O=S1(=O)c2ccccc2-c2c(N3CCN4CCC3CC4)ccc(F)c21. The van der Waals surface area contributed by atoms with Gasteiger partial charge in [-0.1, -0.05) is 18.2 Å². The van der Waals surface area contributed by atoms with Crippen LogP contribution in [0.4, 0.5) is 10.1 Å². The quantitative estimate of drug-likeness (QED) is 0.671. The van der Waals surface area contributed by atoms with Crippen molar-refractivity contribution >= 4 is 15.5 Å². The predicted octanol–water partition coefficient (Wildman–Crippen LogP) is 2.92. The van der Waals surface area contributed by atoms with E-state index in [-0.39, 0.29) is 9.79 Å². The van der Waals surface area contributed by atoms with Gasteiger partial charge in [0.2, 0.25) is 9.84 Å². The number of fused-ring (bicyclic) bond motifs is 7. The monoisotopic (exact) mass is 358 g/mol. The van der Waals surface area contributed by atoms with Crippen LogP contribution in [-0.2, 0) is 9.84 Å². The van der Waals surface area contributed by atoms with Crippen LogP contribution in [0, 0.1) is 5.82 Å². The summed E-state index contributed by atoms with van der Waals surface area (Å²) in [7, 11) is -3.79. The Labute approximate surface area is 146 Å². The third-order valence-corrected chi connectivity index (χ3v) is 7.64. The maximum atomic E-state index is 14.6. The Balaban J connectivity index is 1.76. The fraction of sp³-hybridized carbons (Fsp3) is 0.368. The van der Waals surface area contributed by atoms with E-state index in [2.05, 4.69) is 9.80 Å². The van der Waals surface area contributed by atoms with Gasteiger partial charge >= 0.3 is 0 Å². The minimum atomic E-state index is -3.79. The zero-order valence-corrected chi connectivity index (χ0v) is 14.6. The molecule has 6 rings (SSSR count). The molecule has 4 heterocycles. The Bertz CT molecular complexity index is 965. The summed E-state index contributed by atoms with van der Waals surface area (Å²) in [6.07, 6.45) is 2.14. The van der Waals surface area contributed by atoms with E-state index in [1.165, 1.54) is 6.07 Å². The number of hydrogen-bond acceptors (Lipinski definition) is 4. The van der Waals surface area contributed by atoms with Crippen molar-refractivity contribution in [2.45, 2.75) is 28.7 Å². The topological polar surface area (TPSA) is 40.6 Å². The van der Waals surface area contributed by atoms with Crippen molar-refractivity contribution in [1.82, 2.24) is 4.90 Å². The zero-order chi connectivity index (χ0) is 17.2. The van der Waals surface area contributed by atoms with Crippen LogP contribution in [0.1, 0.15) is 12.8 Å². The highest BCUT2D eigenvalue weighted by Crippen LogP contribution is 2.49. The lowest BCUT2D eigenvalue weighted by molar-refractivity contribution is 0.250. The molecule has 2 aromatic rings. The minimum Gasteiger partial charge on any atom is -0.367 e. The summed E-state index contributed by atoms with van der Waals surface area (Å²) < 4.78 is 40.3. The molecule has 4 aliphatic heterocycles. The van der Waals surface area contributed by atoms with Gasteiger partial charge in [-0.3, -0.25) is 0 Å². The van der Waals surface area contributed by atoms with Gasteiger partial charge in [0.1, 0.15) is 10.7 Å². The van der Waals surface area contributed by atoms with E-state index in [4.69, 9.17) is 0 Å². The molecule has 4 aliphatic rings. The Morgan fingerprint density at radius 2 is 1.72 bits per heavy atom. The second-order valence-corrected chi connectivity index (χ2v) is 8.89. The van der Waals surface area contributed by atoms with Gasteiger partial charge < -0.3 is 9.80 Å². The third kappa shape index (κ3) is 2.10. The summed E-state index contributed by atoms with van der Waals surface area (Å²) >= 11 is 0. The standard InChI is InChI=1S/C19H19FN2O2S/c20-15-5-6-16(22-12-11-21-9-7-13(22)8-10-21)18-14-3-1-2-4-17(14)25(23,24)19(15)18/h1-6,13H,7-12H2. The summed E-state index contributed by atoms with van der Waals surface area (Å²) in [5.74, 6) is -0.655. The molecule has 3 fully saturated rings. The number of anilines is 1. The number of sulfone groups is 1. The molecule has 0 amide bonds. The Morgan fingerprint density at radius 1 is 0.960 bits per heavy atom. The highest BCUT2D eigenvalue weighted by atomic mass is 32.2. The van der Waals surface area contributed by atoms with E-state index in [9.17, 15) is 12.8 Å². The van der Waals surface area contributed by atoms with E-state index in [1.807, 2.05) is 6.07 Å². The van der Waals surface area contributed by atoms with E-state index in [1.54, 1.807) is 24.3 Å². The molecule has 0 unspecified atom stereocenters. The molecular weight excluding hydrogens is 339 g/mol. The number of piperidine rings is 1. The van der Waals surface area contributed by atoms with Gasteiger partial charge in [-0.15, -0.1) is 0 Å². The molecule has 0 radical (unpaired) electrons. The summed E-state index contributed by atoms with van der Waals surface area (Å²) in [6.45, 7) is 3.99. The Hall–Kier alpha value is -1.92. The molecule has 0 atom stereocenters. The normalized spacial score (nSPS) is 26.2. The van der Waals surface area contributed by atoms with Crippen molar-refractivity contribution in [3.8, 4) is 11.1 Å². The van der Waals surface area contributed by atoms with Crippen molar-refractivity contribution in [2.75, 3.05) is 31.1 Å². The second-order valence-electron chi connectivity index (χ2n) is 7.04. The van der Waals surface area contributed by atoms with Gasteiger partial charge in [0.25, 0.3) is 0 Å². The maximum Gasteiger partial charge on any atom is 0.210 e. The number of hydrogen-bond donors (Lipinski definition) is 0. The van der Waals surface area contributed by atoms with Gasteiger partial charge in [0.15, 0.2) is 0 Å². The lowest BCUT2D eigenvalue weighted by atomic mass is 9.99. The first-order valence-electron chi connectivity index (χ1n) is 8.73. The van der Waals surface area contributed by atoms with Crippen LogP contribution in [-0.4, -0.2) is 45.5 Å². The predicted molar refractivity (Wildman–Crippen MR) is 94.1 cm³/mol. The fourth-order valence-corrected chi connectivity index (χ4v) is 6.28. The second kappa shape index (κ2) is 5.29. The molecule has 3 saturated heterocycles. The van der Waals surface area contributed by atoms with Crippen LogP contribution in [0.15, 0.2) is 46.2 Å². The molecule has 0 saturated carbocycles. The molecule has 25 heavy (non-hydrogen) atoms. The third-order valence-electron chi connectivity index (χ3n) is 5.77. The van der Waals surface area contributed by atoms with Crippen molar-refractivity contribution in [3.63, 3.8) is 0 Å². The molecule has 2 aromatic carbocycles. The first kappa shape index (κ1) is 15.3. The number of rotatable bonds is 1. The Kier molecular flexibility index (Phi) is 3.24. The van der Waals surface area contributed by atoms with Crippen molar-refractivity contribution in [2.24, 2.45) is 0 Å². The Morgan fingerprint density at radius 3 is 2.52 bits per heavy atom. The number of halogens is 1.